The highest BCUT2D eigenvalue weighted by molar-refractivity contribution is 5.94. The van der Waals surface area contributed by atoms with E-state index in [-0.39, 0.29) is 18.0 Å². The number of aromatic nitrogens is 1. The van der Waals surface area contributed by atoms with Crippen molar-refractivity contribution in [1.29, 1.82) is 0 Å². The van der Waals surface area contributed by atoms with Crippen LogP contribution in [0.15, 0.2) is 35.1 Å². The van der Waals surface area contributed by atoms with Crippen LogP contribution in [0, 0.1) is 20.8 Å². The van der Waals surface area contributed by atoms with Gasteiger partial charge in [-0.05, 0) is 44.5 Å². The molecule has 2 N–H and O–H groups in total. The van der Waals surface area contributed by atoms with Crippen molar-refractivity contribution < 1.29 is 4.79 Å². The zero-order valence-corrected chi connectivity index (χ0v) is 11.9. The molecule has 4 heteroatoms. The van der Waals surface area contributed by atoms with Gasteiger partial charge in [0.05, 0.1) is 0 Å². The minimum atomic E-state index is -0.173. The minimum absolute atomic E-state index is 0.146. The van der Waals surface area contributed by atoms with E-state index in [4.69, 9.17) is 0 Å². The molecular formula is C16H18N2O2. The molecule has 0 atom stereocenters. The predicted molar refractivity (Wildman–Crippen MR) is 78.9 cm³/mol. The fourth-order valence-electron chi connectivity index (χ4n) is 2.16. The van der Waals surface area contributed by atoms with Crippen molar-refractivity contribution in [3.8, 4) is 0 Å². The van der Waals surface area contributed by atoms with Gasteiger partial charge in [0, 0.05) is 23.4 Å². The van der Waals surface area contributed by atoms with E-state index in [0.29, 0.717) is 11.1 Å². The Morgan fingerprint density at radius 2 is 1.95 bits per heavy atom. The number of aromatic amines is 1. The number of aryl methyl sites for hydroxylation is 3. The molecule has 104 valence electrons. The van der Waals surface area contributed by atoms with Crippen LogP contribution in [-0.4, -0.2) is 10.9 Å². The minimum Gasteiger partial charge on any atom is -0.348 e. The van der Waals surface area contributed by atoms with Crippen LogP contribution < -0.4 is 10.9 Å². The zero-order chi connectivity index (χ0) is 14.7. The summed E-state index contributed by atoms with van der Waals surface area (Å²) in [6.45, 7) is 5.87. The van der Waals surface area contributed by atoms with Crippen LogP contribution in [0.4, 0.5) is 0 Å². The van der Waals surface area contributed by atoms with E-state index in [1.165, 1.54) is 0 Å². The van der Waals surface area contributed by atoms with Gasteiger partial charge in [0.2, 0.25) is 0 Å². The second-order valence-electron chi connectivity index (χ2n) is 5.00. The maximum atomic E-state index is 12.0. The Kier molecular flexibility index (Phi) is 4.03. The molecule has 0 fully saturated rings. The van der Waals surface area contributed by atoms with Crippen molar-refractivity contribution in [3.05, 3.63) is 68.6 Å². The van der Waals surface area contributed by atoms with E-state index in [2.05, 4.69) is 10.3 Å². The summed E-state index contributed by atoms with van der Waals surface area (Å²) < 4.78 is 0. The van der Waals surface area contributed by atoms with Crippen molar-refractivity contribution in [2.75, 3.05) is 0 Å². The van der Waals surface area contributed by atoms with Crippen LogP contribution in [0.2, 0.25) is 0 Å². The molecule has 1 aromatic carbocycles. The largest absolute Gasteiger partial charge is 0.348 e. The van der Waals surface area contributed by atoms with Crippen molar-refractivity contribution in [3.63, 3.8) is 0 Å². The Morgan fingerprint density at radius 1 is 1.20 bits per heavy atom. The highest BCUT2D eigenvalue weighted by Crippen LogP contribution is 2.06. The number of rotatable bonds is 3. The molecule has 2 aromatic rings. The molecule has 4 nitrogen and oxygen atoms in total. The third kappa shape index (κ3) is 3.15. The maximum absolute atomic E-state index is 12.0. The lowest BCUT2D eigenvalue weighted by atomic mass is 10.1. The van der Waals surface area contributed by atoms with E-state index in [1.54, 1.807) is 6.07 Å². The monoisotopic (exact) mass is 270 g/mol. The number of hydrogen-bond acceptors (Lipinski definition) is 2. The van der Waals surface area contributed by atoms with E-state index in [9.17, 15) is 9.59 Å². The number of nitrogens with one attached hydrogen (secondary N) is 2. The third-order valence-electron chi connectivity index (χ3n) is 3.20. The van der Waals surface area contributed by atoms with Crippen LogP contribution in [0.25, 0.3) is 0 Å². The van der Waals surface area contributed by atoms with Gasteiger partial charge in [0.15, 0.2) is 0 Å². The van der Waals surface area contributed by atoms with E-state index >= 15 is 0 Å². The molecule has 2 rings (SSSR count). The van der Waals surface area contributed by atoms with Crippen molar-refractivity contribution in [2.45, 2.75) is 27.3 Å². The summed E-state index contributed by atoms with van der Waals surface area (Å²) in [4.78, 5) is 26.6. The van der Waals surface area contributed by atoms with Crippen LogP contribution in [0.1, 0.15) is 32.7 Å². The molecule has 0 radical (unpaired) electrons. The molecule has 1 aromatic heterocycles. The highest BCUT2D eigenvalue weighted by Gasteiger charge is 2.09. The number of pyridine rings is 1. The molecule has 0 unspecified atom stereocenters. The summed E-state index contributed by atoms with van der Waals surface area (Å²) in [5, 5.41) is 2.78. The summed E-state index contributed by atoms with van der Waals surface area (Å²) in [7, 11) is 0. The first kappa shape index (κ1) is 14.1. The number of H-pyrrole nitrogens is 1. The van der Waals surface area contributed by atoms with Crippen LogP contribution in [0.3, 0.4) is 0 Å². The Morgan fingerprint density at radius 3 is 2.60 bits per heavy atom. The number of hydrogen-bond donors (Lipinski definition) is 2. The van der Waals surface area contributed by atoms with Gasteiger partial charge in [-0.2, -0.15) is 0 Å². The number of benzene rings is 1. The van der Waals surface area contributed by atoms with Crippen molar-refractivity contribution in [1.82, 2.24) is 10.3 Å². The molecule has 1 amide bonds. The summed E-state index contributed by atoms with van der Waals surface area (Å²) in [5.41, 5.74) is 3.79. The first-order chi connectivity index (χ1) is 9.47. The number of carbonyl (C=O) groups excluding carboxylic acids is 1. The molecular weight excluding hydrogens is 252 g/mol. The molecule has 0 saturated carbocycles. The average molecular weight is 270 g/mol. The van der Waals surface area contributed by atoms with Gasteiger partial charge in [-0.1, -0.05) is 17.7 Å². The van der Waals surface area contributed by atoms with Gasteiger partial charge in [0.25, 0.3) is 11.5 Å². The van der Waals surface area contributed by atoms with E-state index in [1.807, 2.05) is 45.0 Å². The van der Waals surface area contributed by atoms with Gasteiger partial charge in [-0.3, -0.25) is 9.59 Å². The molecule has 0 aliphatic heterocycles. The highest BCUT2D eigenvalue weighted by atomic mass is 16.1. The number of amides is 1. The standard InChI is InChI=1S/C16H18N2O2/c1-10-5-4-6-13(7-10)15(19)17-9-14-11(2)8-12(3)18-16(14)20/h4-8H,9H2,1-3H3,(H,17,19)(H,18,20). The molecule has 0 bridgehead atoms. The quantitative estimate of drug-likeness (QED) is 0.898. The molecule has 0 saturated heterocycles. The molecule has 0 spiro atoms. The Labute approximate surface area is 117 Å². The summed E-state index contributed by atoms with van der Waals surface area (Å²) in [6, 6.07) is 9.26. The molecule has 0 aliphatic rings. The van der Waals surface area contributed by atoms with Gasteiger partial charge >= 0.3 is 0 Å². The van der Waals surface area contributed by atoms with E-state index < -0.39 is 0 Å². The van der Waals surface area contributed by atoms with Gasteiger partial charge in [0.1, 0.15) is 0 Å². The molecule has 0 aliphatic carbocycles. The topological polar surface area (TPSA) is 62.0 Å². The maximum Gasteiger partial charge on any atom is 0.253 e. The van der Waals surface area contributed by atoms with Crippen molar-refractivity contribution >= 4 is 5.91 Å². The lowest BCUT2D eigenvalue weighted by Crippen LogP contribution is -2.27. The summed E-state index contributed by atoms with van der Waals surface area (Å²) in [6.07, 6.45) is 0. The first-order valence-corrected chi connectivity index (χ1v) is 6.51. The van der Waals surface area contributed by atoms with Crippen molar-refractivity contribution in [2.24, 2.45) is 0 Å². The van der Waals surface area contributed by atoms with Crippen LogP contribution >= 0.6 is 0 Å². The van der Waals surface area contributed by atoms with Gasteiger partial charge in [-0.25, -0.2) is 0 Å². The Bertz CT molecular complexity index is 702. The van der Waals surface area contributed by atoms with Crippen LogP contribution in [-0.2, 0) is 6.54 Å². The molecule has 1 heterocycles. The Balaban J connectivity index is 2.13. The third-order valence-corrected chi connectivity index (χ3v) is 3.20. The molecule has 20 heavy (non-hydrogen) atoms. The fraction of sp³-hybridized carbons (Fsp3) is 0.250. The first-order valence-electron chi connectivity index (χ1n) is 6.51. The summed E-state index contributed by atoms with van der Waals surface area (Å²) in [5.74, 6) is -0.173. The lowest BCUT2D eigenvalue weighted by Gasteiger charge is -2.08. The Hall–Kier alpha value is -2.36. The lowest BCUT2D eigenvalue weighted by molar-refractivity contribution is 0.0950. The summed E-state index contributed by atoms with van der Waals surface area (Å²) >= 11 is 0. The van der Waals surface area contributed by atoms with E-state index in [0.717, 1.165) is 16.8 Å². The second kappa shape index (κ2) is 5.74. The smallest absolute Gasteiger partial charge is 0.253 e. The normalized spacial score (nSPS) is 10.3. The van der Waals surface area contributed by atoms with Crippen LogP contribution in [0.5, 0.6) is 0 Å². The SMILES string of the molecule is Cc1cccc(C(=O)NCc2c(C)cc(C)[nH]c2=O)c1. The fourth-order valence-corrected chi connectivity index (χ4v) is 2.16. The predicted octanol–water partition coefficient (Wildman–Crippen LogP) is 2.23. The second-order valence-corrected chi connectivity index (χ2v) is 5.00. The van der Waals surface area contributed by atoms with Gasteiger partial charge in [-0.15, -0.1) is 0 Å². The zero-order valence-electron chi connectivity index (χ0n) is 11.9. The number of carbonyl (C=O) groups is 1. The van der Waals surface area contributed by atoms with Gasteiger partial charge < -0.3 is 10.3 Å². The average Bonchev–Trinajstić information content (AvgIpc) is 2.37.